The van der Waals surface area contributed by atoms with E-state index in [9.17, 15) is 14.4 Å². The molecule has 3 rings (SSSR count). The van der Waals surface area contributed by atoms with Crippen molar-refractivity contribution in [2.45, 2.75) is 0 Å². The number of amides is 3. The highest BCUT2D eigenvalue weighted by molar-refractivity contribution is 8.18. The molecule has 1 aromatic heterocycles. The van der Waals surface area contributed by atoms with E-state index in [1.54, 1.807) is 55.8 Å². The van der Waals surface area contributed by atoms with Crippen molar-refractivity contribution >= 4 is 40.6 Å². The lowest BCUT2D eigenvalue weighted by Crippen LogP contribution is -2.36. The van der Waals surface area contributed by atoms with E-state index in [4.69, 9.17) is 4.74 Å². The number of methoxy groups -OCH3 is 1. The predicted octanol–water partition coefficient (Wildman–Crippen LogP) is 2.70. The maximum atomic E-state index is 12.3. The summed E-state index contributed by atoms with van der Waals surface area (Å²) < 4.78 is 5.04. The molecule has 1 aliphatic heterocycles. The summed E-state index contributed by atoms with van der Waals surface area (Å²) >= 11 is 0.815. The van der Waals surface area contributed by atoms with Gasteiger partial charge in [0.05, 0.1) is 12.0 Å². The monoisotopic (exact) mass is 357 g/mol. The molecule has 0 radical (unpaired) electrons. The van der Waals surface area contributed by atoms with Crippen LogP contribution in [-0.2, 0) is 9.59 Å². The molecule has 1 saturated heterocycles. The van der Waals surface area contributed by atoms with E-state index in [1.807, 2.05) is 0 Å². The van der Waals surface area contributed by atoms with E-state index < -0.39 is 17.1 Å². The minimum absolute atomic E-state index is 0.282. The molecule has 1 aromatic carbocycles. The summed E-state index contributed by atoms with van der Waals surface area (Å²) in [6.07, 6.45) is 3.31. The number of benzene rings is 1. The van der Waals surface area contributed by atoms with Crippen LogP contribution in [0.4, 0.5) is 10.5 Å². The van der Waals surface area contributed by atoms with Gasteiger partial charge in [-0.25, -0.2) is 0 Å². The topological polar surface area (TPSA) is 91.5 Å². The molecule has 1 aliphatic rings. The number of anilines is 1. The fraction of sp³-hybridized carbons (Fsp3) is 0.118. The Morgan fingerprint density at radius 1 is 1.28 bits per heavy atom. The van der Waals surface area contributed by atoms with E-state index in [0.29, 0.717) is 17.1 Å². The van der Waals surface area contributed by atoms with E-state index in [0.717, 1.165) is 16.7 Å². The highest BCUT2D eigenvalue weighted by Crippen LogP contribution is 2.31. The number of imide groups is 1. The lowest BCUT2D eigenvalue weighted by atomic mass is 10.3. The first kappa shape index (κ1) is 16.8. The zero-order valence-electron chi connectivity index (χ0n) is 13.3. The van der Waals surface area contributed by atoms with E-state index in [1.165, 1.54) is 0 Å². The summed E-state index contributed by atoms with van der Waals surface area (Å²) in [5.74, 6) is -0.263. The van der Waals surface area contributed by atoms with Crippen LogP contribution in [-0.4, -0.2) is 40.6 Å². The van der Waals surface area contributed by atoms with Crippen LogP contribution in [0.5, 0.6) is 5.75 Å². The van der Waals surface area contributed by atoms with Crippen LogP contribution in [0.15, 0.2) is 47.5 Å². The first-order valence-electron chi connectivity index (χ1n) is 7.39. The van der Waals surface area contributed by atoms with Crippen LogP contribution in [0.1, 0.15) is 5.69 Å². The van der Waals surface area contributed by atoms with E-state index in [2.05, 4.69) is 10.3 Å². The van der Waals surface area contributed by atoms with Crippen molar-refractivity contribution in [1.29, 1.82) is 0 Å². The minimum Gasteiger partial charge on any atom is -0.497 e. The van der Waals surface area contributed by atoms with Crippen LogP contribution in [0, 0.1) is 0 Å². The Kier molecular flexibility index (Phi) is 4.90. The number of rotatable bonds is 5. The summed E-state index contributed by atoms with van der Waals surface area (Å²) in [5.41, 5.74) is 1.27. The predicted molar refractivity (Wildman–Crippen MR) is 95.1 cm³/mol. The molecule has 8 heteroatoms. The average molecular weight is 357 g/mol. The lowest BCUT2D eigenvalue weighted by molar-refractivity contribution is -0.127. The Bertz CT molecular complexity index is 828. The number of carbonyl (C=O) groups excluding carboxylic acids is 3. The van der Waals surface area contributed by atoms with Crippen molar-refractivity contribution in [1.82, 2.24) is 9.88 Å². The summed E-state index contributed by atoms with van der Waals surface area (Å²) in [6.45, 7) is -0.335. The third-order valence-electron chi connectivity index (χ3n) is 3.46. The normalized spacial score (nSPS) is 15.7. The molecule has 2 aromatic rings. The van der Waals surface area contributed by atoms with Crippen LogP contribution in [0.3, 0.4) is 0 Å². The number of hydrogen-bond donors (Lipinski definition) is 2. The van der Waals surface area contributed by atoms with Gasteiger partial charge in [-0.15, -0.1) is 0 Å². The van der Waals surface area contributed by atoms with Crippen LogP contribution < -0.4 is 10.1 Å². The molecule has 1 fully saturated rings. The van der Waals surface area contributed by atoms with E-state index in [-0.39, 0.29) is 11.4 Å². The van der Waals surface area contributed by atoms with Crippen molar-refractivity contribution < 1.29 is 19.1 Å². The molecule has 0 spiro atoms. The second-order valence-electron chi connectivity index (χ2n) is 5.17. The van der Waals surface area contributed by atoms with E-state index >= 15 is 0 Å². The van der Waals surface area contributed by atoms with Crippen molar-refractivity contribution in [2.75, 3.05) is 19.0 Å². The van der Waals surface area contributed by atoms with Gasteiger partial charge in [0.25, 0.3) is 11.1 Å². The molecule has 0 unspecified atom stereocenters. The molecule has 0 atom stereocenters. The highest BCUT2D eigenvalue weighted by atomic mass is 32.2. The van der Waals surface area contributed by atoms with Crippen LogP contribution >= 0.6 is 11.8 Å². The first-order valence-corrected chi connectivity index (χ1v) is 8.21. The van der Waals surface area contributed by atoms with Crippen molar-refractivity contribution in [2.24, 2.45) is 0 Å². The van der Waals surface area contributed by atoms with Crippen molar-refractivity contribution in [3.8, 4) is 5.75 Å². The average Bonchev–Trinajstić information content (AvgIpc) is 3.20. The van der Waals surface area contributed by atoms with Crippen molar-refractivity contribution in [3.63, 3.8) is 0 Å². The van der Waals surface area contributed by atoms with Gasteiger partial charge >= 0.3 is 0 Å². The zero-order valence-corrected chi connectivity index (χ0v) is 14.1. The number of nitrogens with one attached hydrogen (secondary N) is 2. The SMILES string of the molecule is COc1ccc(NC(=O)CN2C(=O)S/C(=C/c3ccc[nH]3)C2=O)cc1. The smallest absolute Gasteiger partial charge is 0.294 e. The largest absolute Gasteiger partial charge is 0.497 e. The van der Waals surface area contributed by atoms with Gasteiger partial charge in [0.15, 0.2) is 0 Å². The Balaban J connectivity index is 1.64. The molecular weight excluding hydrogens is 342 g/mol. The third kappa shape index (κ3) is 3.92. The van der Waals surface area contributed by atoms with Crippen LogP contribution in [0.25, 0.3) is 6.08 Å². The fourth-order valence-corrected chi connectivity index (χ4v) is 3.06. The molecule has 2 N–H and O–H groups in total. The number of aromatic nitrogens is 1. The minimum atomic E-state index is -0.477. The Labute approximate surface area is 148 Å². The van der Waals surface area contributed by atoms with Gasteiger partial charge in [-0.1, -0.05) is 0 Å². The highest BCUT2D eigenvalue weighted by Gasteiger charge is 2.36. The quantitative estimate of drug-likeness (QED) is 0.803. The maximum Gasteiger partial charge on any atom is 0.294 e. The maximum absolute atomic E-state index is 12.3. The van der Waals surface area contributed by atoms with Gasteiger partial charge in [0, 0.05) is 17.6 Å². The number of carbonyl (C=O) groups is 3. The Hall–Kier alpha value is -3.00. The Morgan fingerprint density at radius 3 is 2.68 bits per heavy atom. The molecular formula is C17H15N3O4S. The molecule has 0 saturated carbocycles. The molecule has 25 heavy (non-hydrogen) atoms. The molecule has 7 nitrogen and oxygen atoms in total. The molecule has 0 bridgehead atoms. The summed E-state index contributed by atoms with van der Waals surface area (Å²) in [4.78, 5) is 40.6. The summed E-state index contributed by atoms with van der Waals surface area (Å²) in [7, 11) is 1.55. The number of aromatic amines is 1. The lowest BCUT2D eigenvalue weighted by Gasteiger charge is -2.12. The number of H-pyrrole nitrogens is 1. The van der Waals surface area contributed by atoms with Gasteiger partial charge in [0.2, 0.25) is 5.91 Å². The van der Waals surface area contributed by atoms with Gasteiger partial charge in [-0.05, 0) is 54.2 Å². The molecule has 2 heterocycles. The third-order valence-corrected chi connectivity index (χ3v) is 4.37. The van der Waals surface area contributed by atoms with Gasteiger partial charge in [0.1, 0.15) is 12.3 Å². The fourth-order valence-electron chi connectivity index (χ4n) is 2.23. The molecule has 3 amide bonds. The first-order chi connectivity index (χ1) is 12.1. The number of nitrogens with zero attached hydrogens (tertiary/aromatic N) is 1. The van der Waals surface area contributed by atoms with Gasteiger partial charge in [-0.3, -0.25) is 19.3 Å². The second-order valence-corrected chi connectivity index (χ2v) is 6.16. The van der Waals surface area contributed by atoms with Crippen LogP contribution in [0.2, 0.25) is 0 Å². The van der Waals surface area contributed by atoms with Gasteiger partial charge in [-0.2, -0.15) is 0 Å². The number of thioether (sulfide) groups is 1. The zero-order chi connectivity index (χ0) is 17.8. The van der Waals surface area contributed by atoms with Crippen molar-refractivity contribution in [3.05, 3.63) is 53.2 Å². The number of ether oxygens (including phenoxy) is 1. The standard InChI is InChI=1S/C17H15N3O4S/c1-24-13-6-4-11(5-7-13)19-15(21)10-20-16(22)14(25-17(20)23)9-12-3-2-8-18-12/h2-9,18H,10H2,1H3,(H,19,21)/b14-9+. The van der Waals surface area contributed by atoms with Gasteiger partial charge < -0.3 is 15.0 Å². The number of hydrogen-bond acceptors (Lipinski definition) is 5. The second kappa shape index (κ2) is 7.27. The Morgan fingerprint density at radius 2 is 2.04 bits per heavy atom. The summed E-state index contributed by atoms with van der Waals surface area (Å²) in [5, 5.41) is 2.18. The molecule has 128 valence electrons. The molecule has 0 aliphatic carbocycles. The summed E-state index contributed by atoms with van der Waals surface area (Å²) in [6, 6.07) is 10.3.